The molecule has 1 saturated heterocycles. The Balaban J connectivity index is 1.84. The number of nitrogens with one attached hydrogen (secondary N) is 2. The van der Waals surface area contributed by atoms with Crippen molar-refractivity contribution in [2.45, 2.75) is 32.7 Å². The molecule has 0 spiro atoms. The molecule has 0 radical (unpaired) electrons. The van der Waals surface area contributed by atoms with Gasteiger partial charge in [-0.2, -0.15) is 0 Å². The van der Waals surface area contributed by atoms with Crippen LogP contribution in [0.25, 0.3) is 0 Å². The van der Waals surface area contributed by atoms with Gasteiger partial charge in [-0.1, -0.05) is 36.7 Å². The molecular weight excluding hydrogens is 272 g/mol. The van der Waals surface area contributed by atoms with Gasteiger partial charge in [-0.25, -0.2) is 0 Å². The molecule has 1 aromatic carbocycles. The maximum atomic E-state index is 12.1. The number of halogens is 1. The zero-order valence-corrected chi connectivity index (χ0v) is 13.0. The van der Waals surface area contributed by atoms with Crippen molar-refractivity contribution in [3.8, 4) is 0 Å². The van der Waals surface area contributed by atoms with Gasteiger partial charge in [0.15, 0.2) is 6.54 Å². The predicted octanol–water partition coefficient (Wildman–Crippen LogP) is 1.83. The zero-order valence-electron chi connectivity index (χ0n) is 12.3. The van der Waals surface area contributed by atoms with Gasteiger partial charge in [-0.3, -0.25) is 4.79 Å². The molecule has 2 N–H and O–H groups in total. The van der Waals surface area contributed by atoms with Gasteiger partial charge in [-0.05, 0) is 37.3 Å². The first-order valence-electron chi connectivity index (χ1n) is 7.43. The van der Waals surface area contributed by atoms with Crippen molar-refractivity contribution in [1.82, 2.24) is 5.32 Å². The van der Waals surface area contributed by atoms with Crippen molar-refractivity contribution in [3.05, 3.63) is 34.9 Å². The van der Waals surface area contributed by atoms with E-state index in [0.717, 1.165) is 24.6 Å². The molecule has 20 heavy (non-hydrogen) atoms. The third kappa shape index (κ3) is 4.22. The first-order chi connectivity index (χ1) is 9.56. The summed E-state index contributed by atoms with van der Waals surface area (Å²) in [5.41, 5.74) is 0.977. The minimum Gasteiger partial charge on any atom is -0.345 e. The highest BCUT2D eigenvalue weighted by atomic mass is 35.5. The summed E-state index contributed by atoms with van der Waals surface area (Å²) >= 11 is 6.15. The van der Waals surface area contributed by atoms with Crippen molar-refractivity contribution in [1.29, 1.82) is 0 Å². The van der Waals surface area contributed by atoms with Crippen LogP contribution in [-0.2, 0) is 4.79 Å². The standard InChI is InChI=1S/C16H23ClN2O/c1-12-7-9-19(10-8-12)11-16(20)18-13(2)14-5-3-4-6-15(14)17/h3-6,12-13H,7-11H2,1-2H3,(H,18,20)/p+1/t13-/m0/s1. The molecule has 1 aliphatic rings. The molecule has 1 atom stereocenters. The number of hydrogen-bond acceptors (Lipinski definition) is 1. The molecule has 0 saturated carbocycles. The minimum atomic E-state index is -0.0423. The van der Waals surface area contributed by atoms with Crippen molar-refractivity contribution < 1.29 is 9.69 Å². The van der Waals surface area contributed by atoms with Gasteiger partial charge < -0.3 is 10.2 Å². The normalized spacial score (nSPS) is 24.1. The Morgan fingerprint density at radius 1 is 1.40 bits per heavy atom. The molecular formula is C16H24ClN2O+. The van der Waals surface area contributed by atoms with E-state index in [1.54, 1.807) is 0 Å². The summed E-state index contributed by atoms with van der Waals surface area (Å²) in [6, 6.07) is 7.62. The molecule has 0 aromatic heterocycles. The molecule has 110 valence electrons. The molecule has 0 bridgehead atoms. The second kappa shape index (κ2) is 7.09. The smallest absolute Gasteiger partial charge is 0.275 e. The fourth-order valence-corrected chi connectivity index (χ4v) is 3.07. The van der Waals surface area contributed by atoms with E-state index in [4.69, 9.17) is 11.6 Å². The Morgan fingerprint density at radius 2 is 2.05 bits per heavy atom. The Hall–Kier alpha value is -1.06. The molecule has 3 nitrogen and oxygen atoms in total. The fourth-order valence-electron chi connectivity index (χ4n) is 2.77. The molecule has 1 aliphatic heterocycles. The highest BCUT2D eigenvalue weighted by Crippen LogP contribution is 2.21. The van der Waals surface area contributed by atoms with E-state index in [9.17, 15) is 4.79 Å². The number of hydrogen-bond donors (Lipinski definition) is 2. The summed E-state index contributed by atoms with van der Waals surface area (Å²) in [6.07, 6.45) is 2.45. The van der Waals surface area contributed by atoms with Crippen LogP contribution in [0.1, 0.15) is 38.3 Å². The van der Waals surface area contributed by atoms with E-state index < -0.39 is 0 Å². The summed E-state index contributed by atoms with van der Waals surface area (Å²) in [4.78, 5) is 13.5. The molecule has 1 heterocycles. The molecule has 1 amide bonds. The van der Waals surface area contributed by atoms with Crippen molar-refractivity contribution in [2.24, 2.45) is 5.92 Å². The van der Waals surface area contributed by atoms with E-state index in [2.05, 4.69) is 12.2 Å². The van der Waals surface area contributed by atoms with Crippen LogP contribution in [0.5, 0.6) is 0 Å². The monoisotopic (exact) mass is 295 g/mol. The average molecular weight is 296 g/mol. The minimum absolute atomic E-state index is 0.0423. The number of quaternary nitrogens is 1. The quantitative estimate of drug-likeness (QED) is 0.873. The molecule has 1 fully saturated rings. The summed E-state index contributed by atoms with van der Waals surface area (Å²) < 4.78 is 0. The van der Waals surface area contributed by atoms with Crippen LogP contribution in [0, 0.1) is 5.92 Å². The van der Waals surface area contributed by atoms with Gasteiger partial charge in [0, 0.05) is 5.02 Å². The Bertz CT molecular complexity index is 456. The van der Waals surface area contributed by atoms with Gasteiger partial charge in [0.1, 0.15) is 0 Å². The van der Waals surface area contributed by atoms with Gasteiger partial charge in [-0.15, -0.1) is 0 Å². The van der Waals surface area contributed by atoms with Gasteiger partial charge in [0.05, 0.1) is 19.1 Å². The lowest BCUT2D eigenvalue weighted by Crippen LogP contribution is -3.14. The summed E-state index contributed by atoms with van der Waals surface area (Å²) in [5.74, 6) is 0.922. The van der Waals surface area contributed by atoms with E-state index >= 15 is 0 Å². The number of piperidine rings is 1. The topological polar surface area (TPSA) is 33.5 Å². The van der Waals surface area contributed by atoms with E-state index in [1.165, 1.54) is 17.7 Å². The number of rotatable bonds is 4. The number of carbonyl (C=O) groups is 1. The third-order valence-corrected chi connectivity index (χ3v) is 4.49. The van der Waals surface area contributed by atoms with Crippen LogP contribution in [0.2, 0.25) is 5.02 Å². The van der Waals surface area contributed by atoms with E-state index in [0.29, 0.717) is 11.6 Å². The van der Waals surface area contributed by atoms with Crippen LogP contribution >= 0.6 is 11.6 Å². The van der Waals surface area contributed by atoms with Crippen molar-refractivity contribution in [3.63, 3.8) is 0 Å². The molecule has 0 unspecified atom stereocenters. The molecule has 2 rings (SSSR count). The maximum absolute atomic E-state index is 12.1. The van der Waals surface area contributed by atoms with Crippen LogP contribution in [0.3, 0.4) is 0 Å². The predicted molar refractivity (Wildman–Crippen MR) is 82.0 cm³/mol. The zero-order chi connectivity index (χ0) is 14.5. The van der Waals surface area contributed by atoms with Crippen LogP contribution < -0.4 is 10.2 Å². The second-order valence-corrected chi connectivity index (χ2v) is 6.33. The summed E-state index contributed by atoms with van der Waals surface area (Å²) in [6.45, 7) is 7.05. The van der Waals surface area contributed by atoms with Gasteiger partial charge in [0.2, 0.25) is 0 Å². The van der Waals surface area contributed by atoms with Gasteiger partial charge in [0.25, 0.3) is 5.91 Å². The Morgan fingerprint density at radius 3 is 2.70 bits per heavy atom. The van der Waals surface area contributed by atoms with E-state index in [-0.39, 0.29) is 11.9 Å². The van der Waals surface area contributed by atoms with Crippen molar-refractivity contribution >= 4 is 17.5 Å². The van der Waals surface area contributed by atoms with Crippen LogP contribution in [-0.4, -0.2) is 25.5 Å². The lowest BCUT2D eigenvalue weighted by atomic mass is 9.99. The lowest BCUT2D eigenvalue weighted by molar-refractivity contribution is -0.898. The van der Waals surface area contributed by atoms with Crippen molar-refractivity contribution in [2.75, 3.05) is 19.6 Å². The summed E-state index contributed by atoms with van der Waals surface area (Å²) in [7, 11) is 0. The Kier molecular flexibility index (Phi) is 5.44. The number of likely N-dealkylation sites (tertiary alicyclic amines) is 1. The highest BCUT2D eigenvalue weighted by molar-refractivity contribution is 6.31. The van der Waals surface area contributed by atoms with Crippen LogP contribution in [0.15, 0.2) is 24.3 Å². The molecule has 4 heteroatoms. The summed E-state index contributed by atoms with van der Waals surface area (Å²) in [5, 5.41) is 3.76. The average Bonchev–Trinajstić information content (AvgIpc) is 2.41. The fraction of sp³-hybridized carbons (Fsp3) is 0.562. The first kappa shape index (κ1) is 15.3. The number of benzene rings is 1. The Labute approximate surface area is 126 Å². The lowest BCUT2D eigenvalue weighted by Gasteiger charge is -2.27. The van der Waals surface area contributed by atoms with Gasteiger partial charge >= 0.3 is 0 Å². The third-order valence-electron chi connectivity index (χ3n) is 4.14. The molecule has 1 aromatic rings. The highest BCUT2D eigenvalue weighted by Gasteiger charge is 2.22. The number of carbonyl (C=O) groups excluding carboxylic acids is 1. The maximum Gasteiger partial charge on any atom is 0.275 e. The first-order valence-corrected chi connectivity index (χ1v) is 7.81. The number of amides is 1. The molecule has 0 aliphatic carbocycles. The second-order valence-electron chi connectivity index (χ2n) is 5.92. The SMILES string of the molecule is CC1CC[NH+](CC(=O)N[C@@H](C)c2ccccc2Cl)CC1. The van der Waals surface area contributed by atoms with E-state index in [1.807, 2.05) is 31.2 Å². The van der Waals surface area contributed by atoms with Crippen LogP contribution in [0.4, 0.5) is 0 Å². The largest absolute Gasteiger partial charge is 0.345 e.